The molecule has 3 rings (SSSR count). The summed E-state index contributed by atoms with van der Waals surface area (Å²) in [7, 11) is 3.16. The molecule has 3 N–H and O–H groups in total. The number of hydrogen-bond donors (Lipinski definition) is 3. The second-order valence-electron chi connectivity index (χ2n) is 7.58. The lowest BCUT2D eigenvalue weighted by atomic mass is 9.91. The summed E-state index contributed by atoms with van der Waals surface area (Å²) in [4.78, 5) is 0. The average Bonchev–Trinajstić information content (AvgIpc) is 2.73. The van der Waals surface area contributed by atoms with Crippen LogP contribution in [0.1, 0.15) is 43.2 Å². The normalized spacial score (nSPS) is 18.7. The van der Waals surface area contributed by atoms with E-state index in [0.717, 1.165) is 25.7 Å². The van der Waals surface area contributed by atoms with Gasteiger partial charge in [0.25, 0.3) is 0 Å². The number of halogens is 1. The van der Waals surface area contributed by atoms with Crippen LogP contribution in [0.5, 0.6) is 23.0 Å². The van der Waals surface area contributed by atoms with E-state index in [1.165, 1.54) is 30.4 Å². The van der Waals surface area contributed by atoms with Crippen molar-refractivity contribution in [2.75, 3.05) is 14.2 Å². The highest BCUT2D eigenvalue weighted by Crippen LogP contribution is 2.29. The Morgan fingerprint density at radius 1 is 0.828 bits per heavy atom. The van der Waals surface area contributed by atoms with Crippen LogP contribution < -0.4 is 14.8 Å². The molecule has 2 atom stereocenters. The van der Waals surface area contributed by atoms with Crippen LogP contribution in [0.4, 0.5) is 0 Å². The SMILES string of the molecule is COc1cc(CCC2CCCC(CCc3ccc(O)c(OC)c3)N2)ccc1O.Cl. The number of ether oxygens (including phenoxy) is 2. The Morgan fingerprint density at radius 2 is 1.28 bits per heavy atom. The molecular weight excluding hydrogens is 390 g/mol. The van der Waals surface area contributed by atoms with E-state index in [1.807, 2.05) is 24.3 Å². The summed E-state index contributed by atoms with van der Waals surface area (Å²) in [6.07, 6.45) is 7.76. The Bertz CT molecular complexity index is 720. The van der Waals surface area contributed by atoms with Gasteiger partial charge in [-0.15, -0.1) is 12.4 Å². The minimum atomic E-state index is 0. The van der Waals surface area contributed by atoms with E-state index in [1.54, 1.807) is 26.4 Å². The number of methoxy groups -OCH3 is 2. The van der Waals surface area contributed by atoms with E-state index in [2.05, 4.69) is 5.32 Å². The van der Waals surface area contributed by atoms with Crippen molar-refractivity contribution in [2.24, 2.45) is 0 Å². The molecule has 0 aromatic heterocycles. The minimum absolute atomic E-state index is 0. The standard InChI is InChI=1S/C23H31NO4.ClH/c1-27-22-14-16(8-12-20(22)25)6-10-18-4-3-5-19(24-18)11-7-17-9-13-21(26)23(15-17)28-2;/h8-9,12-15,18-19,24-26H,3-7,10-11H2,1-2H3;1H. The van der Waals surface area contributed by atoms with Crippen molar-refractivity contribution < 1.29 is 19.7 Å². The van der Waals surface area contributed by atoms with Gasteiger partial charge in [-0.1, -0.05) is 18.6 Å². The molecule has 5 nitrogen and oxygen atoms in total. The molecule has 1 saturated heterocycles. The average molecular weight is 422 g/mol. The van der Waals surface area contributed by atoms with Crippen molar-refractivity contribution >= 4 is 12.4 Å². The van der Waals surface area contributed by atoms with Gasteiger partial charge in [0.05, 0.1) is 14.2 Å². The number of rotatable bonds is 8. The zero-order valence-electron chi connectivity index (χ0n) is 17.2. The third-order valence-corrected chi connectivity index (χ3v) is 5.63. The lowest BCUT2D eigenvalue weighted by Crippen LogP contribution is -2.42. The lowest BCUT2D eigenvalue weighted by Gasteiger charge is -2.31. The molecule has 0 aliphatic carbocycles. The Balaban J connectivity index is 0.00000300. The topological polar surface area (TPSA) is 71.0 Å². The van der Waals surface area contributed by atoms with E-state index in [0.29, 0.717) is 23.6 Å². The first-order valence-electron chi connectivity index (χ1n) is 10.1. The molecule has 160 valence electrons. The van der Waals surface area contributed by atoms with Crippen molar-refractivity contribution in [1.82, 2.24) is 5.32 Å². The van der Waals surface area contributed by atoms with Crippen LogP contribution in [0.15, 0.2) is 36.4 Å². The summed E-state index contributed by atoms with van der Waals surface area (Å²) in [5.41, 5.74) is 2.38. The van der Waals surface area contributed by atoms with E-state index in [9.17, 15) is 10.2 Å². The summed E-state index contributed by atoms with van der Waals surface area (Å²) < 4.78 is 10.4. The van der Waals surface area contributed by atoms with Gasteiger partial charge in [0.2, 0.25) is 0 Å². The van der Waals surface area contributed by atoms with Crippen molar-refractivity contribution in [3.63, 3.8) is 0 Å². The predicted molar refractivity (Wildman–Crippen MR) is 118 cm³/mol. The smallest absolute Gasteiger partial charge is 0.160 e. The molecule has 0 bridgehead atoms. The largest absolute Gasteiger partial charge is 0.504 e. The summed E-state index contributed by atoms with van der Waals surface area (Å²) in [6, 6.07) is 12.2. The summed E-state index contributed by atoms with van der Waals surface area (Å²) >= 11 is 0. The first-order valence-corrected chi connectivity index (χ1v) is 10.1. The van der Waals surface area contributed by atoms with Crippen LogP contribution in [0.3, 0.4) is 0 Å². The van der Waals surface area contributed by atoms with Crippen LogP contribution in [0.2, 0.25) is 0 Å². The maximum Gasteiger partial charge on any atom is 0.160 e. The Labute approximate surface area is 179 Å². The van der Waals surface area contributed by atoms with Crippen molar-refractivity contribution in [2.45, 2.75) is 57.0 Å². The minimum Gasteiger partial charge on any atom is -0.504 e. The van der Waals surface area contributed by atoms with Gasteiger partial charge >= 0.3 is 0 Å². The summed E-state index contributed by atoms with van der Waals surface area (Å²) in [6.45, 7) is 0. The first-order chi connectivity index (χ1) is 13.6. The second kappa shape index (κ2) is 11.2. The predicted octanol–water partition coefficient (Wildman–Crippen LogP) is 4.61. The van der Waals surface area contributed by atoms with E-state index < -0.39 is 0 Å². The number of piperidine rings is 1. The monoisotopic (exact) mass is 421 g/mol. The Morgan fingerprint density at radius 3 is 1.69 bits per heavy atom. The van der Waals surface area contributed by atoms with Gasteiger partial charge < -0.3 is 25.0 Å². The molecule has 0 saturated carbocycles. The van der Waals surface area contributed by atoms with Crippen LogP contribution in [-0.4, -0.2) is 36.5 Å². The van der Waals surface area contributed by atoms with Gasteiger partial charge in [-0.2, -0.15) is 0 Å². The Kier molecular flexibility index (Phi) is 8.93. The number of phenolic OH excluding ortho intramolecular Hbond substituents is 2. The number of nitrogens with one attached hydrogen (secondary N) is 1. The molecule has 1 heterocycles. The highest BCUT2D eigenvalue weighted by Gasteiger charge is 2.21. The van der Waals surface area contributed by atoms with Crippen LogP contribution >= 0.6 is 12.4 Å². The molecule has 2 aromatic rings. The van der Waals surface area contributed by atoms with Crippen LogP contribution in [-0.2, 0) is 12.8 Å². The molecule has 0 spiro atoms. The van der Waals surface area contributed by atoms with Gasteiger partial charge in [-0.25, -0.2) is 0 Å². The molecule has 6 heteroatoms. The fraction of sp³-hybridized carbons (Fsp3) is 0.478. The molecule has 0 radical (unpaired) electrons. The molecule has 2 aromatic carbocycles. The number of aromatic hydroxyl groups is 2. The molecule has 29 heavy (non-hydrogen) atoms. The number of benzene rings is 2. The van der Waals surface area contributed by atoms with Gasteiger partial charge in [0.1, 0.15) is 0 Å². The van der Waals surface area contributed by atoms with Crippen molar-refractivity contribution in [3.8, 4) is 23.0 Å². The number of phenols is 2. The third kappa shape index (κ3) is 6.44. The number of aryl methyl sites for hydroxylation is 2. The fourth-order valence-corrected chi connectivity index (χ4v) is 4.00. The molecule has 1 fully saturated rings. The molecule has 1 aliphatic heterocycles. The van der Waals surface area contributed by atoms with Gasteiger partial charge in [0, 0.05) is 12.1 Å². The third-order valence-electron chi connectivity index (χ3n) is 5.63. The van der Waals surface area contributed by atoms with E-state index >= 15 is 0 Å². The summed E-state index contributed by atoms with van der Waals surface area (Å²) in [5, 5.41) is 23.3. The van der Waals surface area contributed by atoms with Gasteiger partial charge in [-0.05, 0) is 73.9 Å². The molecule has 2 unspecified atom stereocenters. The zero-order chi connectivity index (χ0) is 19.9. The van der Waals surface area contributed by atoms with E-state index in [4.69, 9.17) is 9.47 Å². The van der Waals surface area contributed by atoms with E-state index in [-0.39, 0.29) is 23.9 Å². The highest BCUT2D eigenvalue weighted by atomic mass is 35.5. The van der Waals surface area contributed by atoms with Gasteiger partial charge in [-0.3, -0.25) is 0 Å². The zero-order valence-corrected chi connectivity index (χ0v) is 18.0. The maximum absolute atomic E-state index is 9.73. The second-order valence-corrected chi connectivity index (χ2v) is 7.58. The summed E-state index contributed by atoms with van der Waals surface area (Å²) in [5.74, 6) is 1.45. The lowest BCUT2D eigenvalue weighted by molar-refractivity contribution is 0.296. The quantitative estimate of drug-likeness (QED) is 0.580. The molecule has 1 aliphatic rings. The van der Waals surface area contributed by atoms with Gasteiger partial charge in [0.15, 0.2) is 23.0 Å². The van der Waals surface area contributed by atoms with Crippen LogP contribution in [0.25, 0.3) is 0 Å². The first kappa shape index (κ1) is 23.2. The fourth-order valence-electron chi connectivity index (χ4n) is 4.00. The van der Waals surface area contributed by atoms with Crippen molar-refractivity contribution in [1.29, 1.82) is 0 Å². The molecule has 0 amide bonds. The number of hydrogen-bond acceptors (Lipinski definition) is 5. The highest BCUT2D eigenvalue weighted by molar-refractivity contribution is 5.85. The van der Waals surface area contributed by atoms with Crippen molar-refractivity contribution in [3.05, 3.63) is 47.5 Å². The molecular formula is C23H32ClNO4. The Hall–Kier alpha value is -2.11. The maximum atomic E-state index is 9.73. The van der Waals surface area contributed by atoms with Crippen LogP contribution in [0, 0.1) is 0 Å².